The Bertz CT molecular complexity index is 822. The third-order valence-electron chi connectivity index (χ3n) is 10.3. The molecule has 0 spiro atoms. The lowest BCUT2D eigenvalue weighted by Gasteiger charge is -2.32. The Morgan fingerprint density at radius 3 is 1.24 bits per heavy atom. The number of carbonyl (C=O) groups is 1. The number of ether oxygens (including phenoxy) is 2. The number of nitrogens with zero attached hydrogens (tertiary/aromatic N) is 2. The van der Waals surface area contributed by atoms with Crippen LogP contribution in [0.5, 0.6) is 0 Å². The maximum Gasteiger partial charge on any atom is 0.132 e. The summed E-state index contributed by atoms with van der Waals surface area (Å²) in [5.41, 5.74) is 0. The number of allylic oxidation sites excluding steroid dienone is 4. The molecule has 0 aromatic heterocycles. The molecule has 0 N–H and O–H groups in total. The topological polar surface area (TPSA) is 61.8 Å². The van der Waals surface area contributed by atoms with Crippen molar-refractivity contribution < 1.29 is 23.9 Å². The van der Waals surface area contributed by atoms with Gasteiger partial charge in [0.25, 0.3) is 0 Å². The molecule has 0 aliphatic rings. The SMILES string of the molecule is CCCCCCCC/C=C\CCCCCCCCOC(C)C(C[N+](C)(C)C)OCCCCCCCC/C=C\CCCCCCCC.CN(C)CCCC(=O)[O-]. The van der Waals surface area contributed by atoms with Crippen LogP contribution in [0, 0.1) is 0 Å². The minimum Gasteiger partial charge on any atom is -0.550 e. The fourth-order valence-electron chi connectivity index (χ4n) is 6.73. The standard InChI is InChI=1S/C43H86NO2.C6H13NO2/c1-7-9-11-13-15-17-19-21-23-25-27-29-31-33-35-37-39-45-42(3)43(41-44(4,5)6)46-40-38-36-34-32-30-28-26-24-22-20-18-16-14-12-10-8-2;1-7(2)5-3-4-6(8)9/h21-24,42-43H,7-20,25-41H2,1-6H3;3-5H2,1-2H3,(H,8,9)/q+1;/p-1/b23-21-,24-22-;. The number of quaternary nitrogens is 1. The molecule has 0 saturated carbocycles. The molecule has 0 bridgehead atoms. The summed E-state index contributed by atoms with van der Waals surface area (Å²) in [5, 5.41) is 9.85. The highest BCUT2D eigenvalue weighted by Crippen LogP contribution is 2.15. The average molecular weight is 779 g/mol. The van der Waals surface area contributed by atoms with Gasteiger partial charge in [-0.15, -0.1) is 0 Å². The molecule has 0 fully saturated rings. The molecule has 0 rings (SSSR count). The number of carboxylic acid groups (broad SMARTS) is 1. The summed E-state index contributed by atoms with van der Waals surface area (Å²) < 4.78 is 13.6. The number of likely N-dealkylation sites (N-methyl/N-ethyl adjacent to an activating group) is 1. The lowest BCUT2D eigenvalue weighted by atomic mass is 10.1. The van der Waals surface area contributed by atoms with Gasteiger partial charge in [0.05, 0.1) is 27.2 Å². The minimum atomic E-state index is -0.961. The number of carbonyl (C=O) groups excluding carboxylic acids is 1. The summed E-state index contributed by atoms with van der Waals surface area (Å²) in [4.78, 5) is 11.8. The second-order valence-electron chi connectivity index (χ2n) is 17.6. The van der Waals surface area contributed by atoms with E-state index in [-0.39, 0.29) is 18.6 Å². The molecule has 0 saturated heterocycles. The maximum absolute atomic E-state index is 9.85. The zero-order chi connectivity index (χ0) is 41.1. The van der Waals surface area contributed by atoms with Gasteiger partial charge in [-0.1, -0.05) is 154 Å². The van der Waals surface area contributed by atoms with E-state index in [1.807, 2.05) is 19.0 Å². The van der Waals surface area contributed by atoms with E-state index in [2.05, 4.69) is 66.2 Å². The first-order chi connectivity index (χ1) is 26.5. The second kappa shape index (κ2) is 43.9. The van der Waals surface area contributed by atoms with Gasteiger partial charge in [-0.05, 0) is 105 Å². The van der Waals surface area contributed by atoms with E-state index in [1.54, 1.807) is 0 Å². The van der Waals surface area contributed by atoms with Crippen LogP contribution in [0.4, 0.5) is 0 Å². The summed E-state index contributed by atoms with van der Waals surface area (Å²) in [5.74, 6) is -0.961. The first-order valence-electron chi connectivity index (χ1n) is 23.7. The Kier molecular flexibility index (Phi) is 44.6. The molecule has 328 valence electrons. The van der Waals surface area contributed by atoms with Crippen molar-refractivity contribution in [2.75, 3.05) is 61.5 Å². The Hall–Kier alpha value is -1.21. The lowest BCUT2D eigenvalue weighted by Crippen LogP contribution is -2.47. The highest BCUT2D eigenvalue weighted by Gasteiger charge is 2.25. The normalized spacial score (nSPS) is 13.2. The van der Waals surface area contributed by atoms with E-state index < -0.39 is 5.97 Å². The number of hydrogen-bond acceptors (Lipinski definition) is 5. The van der Waals surface area contributed by atoms with Gasteiger partial charge in [0.1, 0.15) is 12.6 Å². The third-order valence-corrected chi connectivity index (χ3v) is 10.3. The van der Waals surface area contributed by atoms with E-state index in [0.29, 0.717) is 6.42 Å². The van der Waals surface area contributed by atoms with Crippen molar-refractivity contribution >= 4 is 5.97 Å². The van der Waals surface area contributed by atoms with Crippen LogP contribution in [0.2, 0.25) is 0 Å². The molecule has 55 heavy (non-hydrogen) atoms. The highest BCUT2D eigenvalue weighted by molar-refractivity contribution is 5.64. The van der Waals surface area contributed by atoms with E-state index in [0.717, 1.165) is 30.8 Å². The minimum absolute atomic E-state index is 0.162. The number of rotatable bonds is 41. The van der Waals surface area contributed by atoms with Crippen LogP contribution in [0.3, 0.4) is 0 Å². The van der Waals surface area contributed by atoms with Crippen molar-refractivity contribution in [3.63, 3.8) is 0 Å². The Balaban J connectivity index is 0. The van der Waals surface area contributed by atoms with Crippen LogP contribution in [-0.2, 0) is 14.3 Å². The quantitative estimate of drug-likeness (QED) is 0.0351. The van der Waals surface area contributed by atoms with Crippen LogP contribution in [0.1, 0.15) is 213 Å². The molecule has 0 radical (unpaired) electrons. The monoisotopic (exact) mass is 779 g/mol. The van der Waals surface area contributed by atoms with Crippen molar-refractivity contribution in [1.29, 1.82) is 0 Å². The number of hydrogen-bond donors (Lipinski definition) is 0. The summed E-state index contributed by atoms with van der Waals surface area (Å²) in [7, 11) is 10.6. The van der Waals surface area contributed by atoms with Gasteiger partial charge >= 0.3 is 0 Å². The number of unbranched alkanes of at least 4 members (excludes halogenated alkanes) is 24. The molecule has 2 atom stereocenters. The molecule has 0 heterocycles. The molecule has 0 amide bonds. The van der Waals surface area contributed by atoms with Gasteiger partial charge in [-0.25, -0.2) is 0 Å². The maximum atomic E-state index is 9.85. The number of aliphatic carboxylic acids is 1. The zero-order valence-corrected chi connectivity index (χ0v) is 38.5. The van der Waals surface area contributed by atoms with E-state index in [1.165, 1.54) is 180 Å². The molecular formula is C49H98N2O4. The third kappa shape index (κ3) is 50.8. The fraction of sp³-hybridized carbons (Fsp3) is 0.898. The molecule has 0 aliphatic carbocycles. The van der Waals surface area contributed by atoms with Crippen molar-refractivity contribution in [3.8, 4) is 0 Å². The molecule has 6 heteroatoms. The summed E-state index contributed by atoms with van der Waals surface area (Å²) in [6.45, 7) is 10.4. The van der Waals surface area contributed by atoms with Crippen LogP contribution < -0.4 is 5.11 Å². The van der Waals surface area contributed by atoms with Gasteiger partial charge in [0.2, 0.25) is 0 Å². The van der Waals surface area contributed by atoms with Crippen LogP contribution in [0.25, 0.3) is 0 Å². The molecule has 0 aromatic carbocycles. The van der Waals surface area contributed by atoms with Crippen molar-refractivity contribution in [1.82, 2.24) is 4.90 Å². The van der Waals surface area contributed by atoms with E-state index >= 15 is 0 Å². The highest BCUT2D eigenvalue weighted by atomic mass is 16.5. The smallest absolute Gasteiger partial charge is 0.132 e. The summed E-state index contributed by atoms with van der Waals surface area (Å²) >= 11 is 0. The second-order valence-corrected chi connectivity index (χ2v) is 17.6. The molecular weight excluding hydrogens is 681 g/mol. The predicted octanol–water partition coefficient (Wildman–Crippen LogP) is 12.6. The first kappa shape index (κ1) is 55.9. The summed E-state index contributed by atoms with van der Waals surface area (Å²) in [6, 6.07) is 0. The van der Waals surface area contributed by atoms with Crippen LogP contribution in [0.15, 0.2) is 24.3 Å². The van der Waals surface area contributed by atoms with Crippen molar-refractivity contribution in [2.45, 2.75) is 226 Å². The molecule has 0 aliphatic heterocycles. The van der Waals surface area contributed by atoms with Crippen LogP contribution >= 0.6 is 0 Å². The summed E-state index contributed by atoms with van der Waals surface area (Å²) in [6.07, 6.45) is 48.5. The van der Waals surface area contributed by atoms with Gasteiger partial charge in [0, 0.05) is 19.2 Å². The molecule has 0 aromatic rings. The zero-order valence-electron chi connectivity index (χ0n) is 38.5. The first-order valence-corrected chi connectivity index (χ1v) is 23.7. The lowest BCUT2D eigenvalue weighted by molar-refractivity contribution is -0.874. The van der Waals surface area contributed by atoms with Crippen LogP contribution in [-0.4, -0.2) is 89.1 Å². The predicted molar refractivity (Wildman–Crippen MR) is 240 cm³/mol. The Morgan fingerprint density at radius 1 is 0.545 bits per heavy atom. The van der Waals surface area contributed by atoms with Gasteiger partial charge in [0.15, 0.2) is 0 Å². The average Bonchev–Trinajstić information content (AvgIpc) is 3.13. The van der Waals surface area contributed by atoms with Gasteiger partial charge in [-0.3, -0.25) is 0 Å². The van der Waals surface area contributed by atoms with Crippen molar-refractivity contribution in [3.05, 3.63) is 24.3 Å². The molecule has 6 nitrogen and oxygen atoms in total. The number of carboxylic acids is 1. The largest absolute Gasteiger partial charge is 0.550 e. The van der Waals surface area contributed by atoms with Crippen molar-refractivity contribution in [2.24, 2.45) is 0 Å². The Labute approximate surface area is 345 Å². The Morgan fingerprint density at radius 2 is 0.891 bits per heavy atom. The van der Waals surface area contributed by atoms with Gasteiger partial charge < -0.3 is 28.8 Å². The van der Waals surface area contributed by atoms with E-state index in [9.17, 15) is 9.90 Å². The van der Waals surface area contributed by atoms with Gasteiger partial charge in [-0.2, -0.15) is 0 Å². The van der Waals surface area contributed by atoms with E-state index in [4.69, 9.17) is 9.47 Å². The fourth-order valence-corrected chi connectivity index (χ4v) is 6.73. The molecule has 2 unspecified atom stereocenters.